The Morgan fingerprint density at radius 1 is 1.22 bits per heavy atom. The molecule has 7 nitrogen and oxygen atoms in total. The van der Waals surface area contributed by atoms with Crippen molar-refractivity contribution in [1.29, 1.82) is 5.26 Å². The second kappa shape index (κ2) is 8.53. The molecule has 0 spiro atoms. The molecule has 0 fully saturated rings. The van der Waals surface area contributed by atoms with E-state index in [2.05, 4.69) is 32.2 Å². The molecule has 0 amide bonds. The van der Waals surface area contributed by atoms with Crippen LogP contribution in [0.4, 0.5) is 15.9 Å². The van der Waals surface area contributed by atoms with E-state index in [1.54, 1.807) is 35.5 Å². The van der Waals surface area contributed by atoms with E-state index in [1.807, 2.05) is 25.1 Å². The Bertz CT molecular complexity index is 1310. The standard InChI is InChI=1S/C22H21BrFN6OP/c1-14-5-10-19(18(23)13-14)28-32(31)20-15(2)27-30(12-4-11-25)22(20)26-21(29(32)3)16-6-8-17(24)9-7-16/h5-10,13H,4,12H2,1-3H3,(H,28,31). The van der Waals surface area contributed by atoms with Gasteiger partial charge in [0.1, 0.15) is 17.0 Å². The quantitative estimate of drug-likeness (QED) is 0.468. The SMILES string of the molecule is Cc1ccc(NP2(=O)c3c(C)nn(CCC#N)c3N=C(c3ccc(F)cc3)N2C)c(Br)c1. The lowest BCUT2D eigenvalue weighted by Gasteiger charge is -2.35. The molecule has 0 aliphatic carbocycles. The number of aryl methyl sites for hydroxylation is 3. The highest BCUT2D eigenvalue weighted by molar-refractivity contribution is 9.10. The zero-order chi connectivity index (χ0) is 23.0. The Hall–Kier alpha value is -2.95. The van der Waals surface area contributed by atoms with Crippen LogP contribution < -0.4 is 10.4 Å². The van der Waals surface area contributed by atoms with Crippen molar-refractivity contribution >= 4 is 46.0 Å². The maximum atomic E-state index is 14.7. The zero-order valence-corrected chi connectivity index (χ0v) is 20.3. The Morgan fingerprint density at radius 2 is 1.94 bits per heavy atom. The summed E-state index contributed by atoms with van der Waals surface area (Å²) in [6, 6.07) is 13.7. The van der Waals surface area contributed by atoms with Gasteiger partial charge in [-0.3, -0.25) is 9.24 Å². The number of benzene rings is 2. The van der Waals surface area contributed by atoms with Gasteiger partial charge in [0.15, 0.2) is 5.82 Å². The van der Waals surface area contributed by atoms with Gasteiger partial charge in [-0.25, -0.2) is 14.1 Å². The normalized spacial score (nSPS) is 17.5. The topological polar surface area (TPSA) is 86.3 Å². The lowest BCUT2D eigenvalue weighted by Crippen LogP contribution is -2.36. The summed E-state index contributed by atoms with van der Waals surface area (Å²) in [5, 5.41) is 17.3. The predicted molar refractivity (Wildman–Crippen MR) is 127 cm³/mol. The molecule has 1 atom stereocenters. The average molecular weight is 515 g/mol. The highest BCUT2D eigenvalue weighted by Crippen LogP contribution is 2.54. The van der Waals surface area contributed by atoms with E-state index in [4.69, 9.17) is 10.3 Å². The Morgan fingerprint density at radius 3 is 2.59 bits per heavy atom. The van der Waals surface area contributed by atoms with Crippen molar-refractivity contribution < 1.29 is 8.96 Å². The molecule has 2 heterocycles. The van der Waals surface area contributed by atoms with Gasteiger partial charge in [-0.05, 0) is 71.7 Å². The molecule has 164 valence electrons. The first-order valence-electron chi connectivity index (χ1n) is 9.93. The summed E-state index contributed by atoms with van der Waals surface area (Å²) in [4.78, 5) is 4.76. The fraction of sp³-hybridized carbons (Fsp3) is 0.227. The molecule has 1 aromatic heterocycles. The number of aliphatic imine (C=N–C) groups is 1. The van der Waals surface area contributed by atoms with Crippen molar-refractivity contribution in [3.63, 3.8) is 0 Å². The highest BCUT2D eigenvalue weighted by atomic mass is 79.9. The number of rotatable bonds is 5. The first-order valence-corrected chi connectivity index (χ1v) is 12.4. The Balaban J connectivity index is 1.91. The van der Waals surface area contributed by atoms with E-state index in [0.717, 1.165) is 10.0 Å². The number of nitrogens with one attached hydrogen (secondary N) is 1. The molecular weight excluding hydrogens is 494 g/mol. The summed E-state index contributed by atoms with van der Waals surface area (Å²) in [5.41, 5.74) is 2.93. The van der Waals surface area contributed by atoms with Crippen LogP contribution in [0.1, 0.15) is 23.2 Å². The Labute approximate surface area is 194 Å². The van der Waals surface area contributed by atoms with E-state index in [1.165, 1.54) is 12.1 Å². The molecule has 3 aromatic rings. The summed E-state index contributed by atoms with van der Waals surface area (Å²) < 4.78 is 32.2. The van der Waals surface area contributed by atoms with Crippen molar-refractivity contribution in [1.82, 2.24) is 14.5 Å². The van der Waals surface area contributed by atoms with Crippen LogP contribution in [0.5, 0.6) is 0 Å². The summed E-state index contributed by atoms with van der Waals surface area (Å²) in [6.07, 6.45) is 0.242. The number of nitriles is 1. The van der Waals surface area contributed by atoms with Crippen molar-refractivity contribution in [2.45, 2.75) is 26.8 Å². The van der Waals surface area contributed by atoms with Gasteiger partial charge in [-0.15, -0.1) is 0 Å². The summed E-state index contributed by atoms with van der Waals surface area (Å²) >= 11 is 3.55. The molecule has 0 saturated carbocycles. The molecule has 10 heteroatoms. The number of aromatic nitrogens is 2. The molecule has 2 aromatic carbocycles. The van der Waals surface area contributed by atoms with Crippen LogP contribution in [-0.2, 0) is 11.1 Å². The van der Waals surface area contributed by atoms with Crippen LogP contribution in [0, 0.1) is 31.0 Å². The van der Waals surface area contributed by atoms with Crippen LogP contribution in [-0.4, -0.2) is 27.3 Å². The molecular formula is C22H21BrFN6OP. The summed E-state index contributed by atoms with van der Waals surface area (Å²) in [6.45, 7) is 4.08. The third-order valence-corrected chi connectivity index (χ3v) is 8.61. The van der Waals surface area contributed by atoms with Crippen molar-refractivity contribution in [2.24, 2.45) is 4.99 Å². The minimum absolute atomic E-state index is 0.242. The van der Waals surface area contributed by atoms with Gasteiger partial charge >= 0.3 is 0 Å². The van der Waals surface area contributed by atoms with Crippen LogP contribution in [0.3, 0.4) is 0 Å². The first-order chi connectivity index (χ1) is 15.2. The minimum atomic E-state index is -3.48. The third kappa shape index (κ3) is 3.85. The molecule has 1 unspecified atom stereocenters. The number of amidine groups is 1. The van der Waals surface area contributed by atoms with E-state index in [9.17, 15) is 8.96 Å². The molecule has 1 aliphatic heterocycles. The molecule has 1 aliphatic rings. The zero-order valence-electron chi connectivity index (χ0n) is 17.8. The molecule has 32 heavy (non-hydrogen) atoms. The van der Waals surface area contributed by atoms with E-state index >= 15 is 0 Å². The van der Waals surface area contributed by atoms with Crippen molar-refractivity contribution in [2.75, 3.05) is 12.1 Å². The number of hydrogen-bond donors (Lipinski definition) is 1. The van der Waals surface area contributed by atoms with Crippen LogP contribution >= 0.6 is 23.4 Å². The van der Waals surface area contributed by atoms with Crippen molar-refractivity contribution in [3.05, 3.63) is 69.6 Å². The molecule has 1 N–H and O–H groups in total. The predicted octanol–water partition coefficient (Wildman–Crippen LogP) is 5.27. The maximum Gasteiger partial charge on any atom is 0.296 e. The lowest BCUT2D eigenvalue weighted by molar-refractivity contribution is 0.553. The molecule has 0 radical (unpaired) electrons. The fourth-order valence-electron chi connectivity index (χ4n) is 3.65. The monoisotopic (exact) mass is 514 g/mol. The number of halogens is 2. The molecule has 4 rings (SSSR count). The lowest BCUT2D eigenvalue weighted by atomic mass is 10.2. The fourth-order valence-corrected chi connectivity index (χ4v) is 6.82. The largest absolute Gasteiger partial charge is 0.316 e. The van der Waals surface area contributed by atoms with Crippen molar-refractivity contribution in [3.8, 4) is 6.07 Å². The Kier molecular flexibility index (Phi) is 5.93. The number of nitrogens with zero attached hydrogens (tertiary/aromatic N) is 5. The number of hydrogen-bond acceptors (Lipinski definition) is 4. The number of fused-ring (bicyclic) bond motifs is 1. The van der Waals surface area contributed by atoms with Gasteiger partial charge < -0.3 is 5.09 Å². The molecule has 0 saturated heterocycles. The maximum absolute atomic E-state index is 14.7. The highest BCUT2D eigenvalue weighted by Gasteiger charge is 2.43. The first kappa shape index (κ1) is 22.3. The van der Waals surface area contributed by atoms with Gasteiger partial charge in [0, 0.05) is 17.1 Å². The van der Waals surface area contributed by atoms with Gasteiger partial charge in [-0.2, -0.15) is 10.4 Å². The smallest absolute Gasteiger partial charge is 0.296 e. The second-order valence-corrected chi connectivity index (χ2v) is 10.8. The minimum Gasteiger partial charge on any atom is -0.316 e. The second-order valence-electron chi connectivity index (χ2n) is 7.53. The van der Waals surface area contributed by atoms with Gasteiger partial charge in [-0.1, -0.05) is 6.07 Å². The molecule has 0 bridgehead atoms. The van der Waals surface area contributed by atoms with Crippen LogP contribution in [0.25, 0.3) is 0 Å². The van der Waals surface area contributed by atoms with E-state index < -0.39 is 7.44 Å². The van der Waals surface area contributed by atoms with Crippen LogP contribution in [0.15, 0.2) is 51.9 Å². The van der Waals surface area contributed by atoms with Gasteiger partial charge in [0.25, 0.3) is 7.44 Å². The number of anilines is 1. The van der Waals surface area contributed by atoms with E-state index in [-0.39, 0.29) is 12.2 Å². The summed E-state index contributed by atoms with van der Waals surface area (Å²) in [7, 11) is -1.78. The van der Waals surface area contributed by atoms with Gasteiger partial charge in [0.2, 0.25) is 0 Å². The third-order valence-electron chi connectivity index (χ3n) is 5.25. The average Bonchev–Trinajstić information content (AvgIpc) is 3.08. The van der Waals surface area contributed by atoms with E-state index in [0.29, 0.717) is 40.4 Å². The van der Waals surface area contributed by atoms with Crippen LogP contribution in [0.2, 0.25) is 0 Å². The van der Waals surface area contributed by atoms with Gasteiger partial charge in [0.05, 0.1) is 30.4 Å². The summed E-state index contributed by atoms with van der Waals surface area (Å²) in [5.74, 6) is 0.497.